The molecule has 1 heterocycles. The molecular weight excluding hydrogens is 222 g/mol. The second-order valence-electron chi connectivity index (χ2n) is 6.47. The molecule has 2 unspecified atom stereocenters. The molecule has 0 radical (unpaired) electrons. The molecule has 1 aliphatic carbocycles. The molecule has 2 fully saturated rings. The molecule has 18 heavy (non-hydrogen) atoms. The zero-order valence-electron chi connectivity index (χ0n) is 12.3. The molecule has 3 nitrogen and oxygen atoms in total. The van der Waals surface area contributed by atoms with E-state index in [1.165, 1.54) is 58.4 Å². The van der Waals surface area contributed by atoms with Crippen molar-refractivity contribution in [1.29, 1.82) is 0 Å². The Bertz CT molecular complexity index is 234. The average Bonchev–Trinajstić information content (AvgIpc) is 2.40. The number of nitrogens with zero attached hydrogens (tertiary/aromatic N) is 2. The molecule has 3 heteroatoms. The summed E-state index contributed by atoms with van der Waals surface area (Å²) in [7, 11) is 0. The minimum absolute atomic E-state index is 0.707. The van der Waals surface area contributed by atoms with Crippen molar-refractivity contribution >= 4 is 0 Å². The fourth-order valence-corrected chi connectivity index (χ4v) is 3.63. The highest BCUT2D eigenvalue weighted by Gasteiger charge is 2.27. The lowest BCUT2D eigenvalue weighted by Crippen LogP contribution is -2.50. The lowest BCUT2D eigenvalue weighted by atomic mass is 9.79. The van der Waals surface area contributed by atoms with E-state index >= 15 is 0 Å². The van der Waals surface area contributed by atoms with Gasteiger partial charge in [0.15, 0.2) is 0 Å². The molecule has 1 saturated heterocycles. The molecule has 0 aromatic rings. The van der Waals surface area contributed by atoms with Crippen molar-refractivity contribution in [2.45, 2.75) is 45.6 Å². The maximum atomic E-state index is 5.93. The molecule has 0 spiro atoms. The summed E-state index contributed by atoms with van der Waals surface area (Å²) >= 11 is 0. The summed E-state index contributed by atoms with van der Waals surface area (Å²) in [5, 5.41) is 0. The smallest absolute Gasteiger partial charge is 0.0113 e. The van der Waals surface area contributed by atoms with Crippen LogP contribution in [0.1, 0.15) is 39.5 Å². The van der Waals surface area contributed by atoms with Crippen LogP contribution in [0.25, 0.3) is 0 Å². The van der Waals surface area contributed by atoms with E-state index < -0.39 is 0 Å². The van der Waals surface area contributed by atoms with Gasteiger partial charge in [-0.2, -0.15) is 0 Å². The van der Waals surface area contributed by atoms with Gasteiger partial charge in [0, 0.05) is 38.8 Å². The van der Waals surface area contributed by atoms with E-state index in [9.17, 15) is 0 Å². The number of piperazine rings is 1. The van der Waals surface area contributed by atoms with Crippen LogP contribution in [-0.4, -0.2) is 55.1 Å². The number of hydrogen-bond acceptors (Lipinski definition) is 3. The Kier molecular flexibility index (Phi) is 5.46. The first kappa shape index (κ1) is 14.3. The summed E-state index contributed by atoms with van der Waals surface area (Å²) in [5.41, 5.74) is 5.93. The van der Waals surface area contributed by atoms with Crippen LogP contribution in [0.4, 0.5) is 0 Å². The van der Waals surface area contributed by atoms with Gasteiger partial charge < -0.3 is 10.6 Å². The first-order chi connectivity index (χ1) is 8.70. The molecule has 0 aromatic heterocycles. The lowest BCUT2D eigenvalue weighted by Gasteiger charge is -2.40. The van der Waals surface area contributed by atoms with Gasteiger partial charge in [0.1, 0.15) is 0 Å². The Labute approximate surface area is 113 Å². The third-order valence-corrected chi connectivity index (χ3v) is 5.00. The SMILES string of the molecule is CC(C)N1CCN(CC2CCCCC2CN)CC1. The first-order valence-electron chi connectivity index (χ1n) is 7.87. The van der Waals surface area contributed by atoms with E-state index in [2.05, 4.69) is 23.6 Å². The molecule has 2 atom stereocenters. The number of hydrogen-bond donors (Lipinski definition) is 1. The highest BCUT2D eigenvalue weighted by molar-refractivity contribution is 4.81. The highest BCUT2D eigenvalue weighted by atomic mass is 15.3. The summed E-state index contributed by atoms with van der Waals surface area (Å²) in [6.45, 7) is 11.8. The molecule has 106 valence electrons. The van der Waals surface area contributed by atoms with Gasteiger partial charge in [0.05, 0.1) is 0 Å². The highest BCUT2D eigenvalue weighted by Crippen LogP contribution is 2.30. The van der Waals surface area contributed by atoms with E-state index in [4.69, 9.17) is 5.73 Å². The van der Waals surface area contributed by atoms with E-state index in [-0.39, 0.29) is 0 Å². The standard InChI is InChI=1S/C15H31N3/c1-13(2)18-9-7-17(8-10-18)12-15-6-4-3-5-14(15)11-16/h13-15H,3-12,16H2,1-2H3. The van der Waals surface area contributed by atoms with Crippen molar-refractivity contribution in [1.82, 2.24) is 9.80 Å². The minimum atomic E-state index is 0.707. The Balaban J connectivity index is 1.76. The van der Waals surface area contributed by atoms with Crippen LogP contribution >= 0.6 is 0 Å². The number of nitrogens with two attached hydrogens (primary N) is 1. The zero-order chi connectivity index (χ0) is 13.0. The van der Waals surface area contributed by atoms with Gasteiger partial charge in [0.25, 0.3) is 0 Å². The van der Waals surface area contributed by atoms with E-state index in [0.29, 0.717) is 6.04 Å². The Morgan fingerprint density at radius 2 is 1.61 bits per heavy atom. The molecule has 2 N–H and O–H groups in total. The van der Waals surface area contributed by atoms with Crippen molar-refractivity contribution in [2.24, 2.45) is 17.6 Å². The summed E-state index contributed by atoms with van der Waals surface area (Å²) in [4.78, 5) is 5.27. The Morgan fingerprint density at radius 3 is 2.17 bits per heavy atom. The van der Waals surface area contributed by atoms with Gasteiger partial charge in [0.2, 0.25) is 0 Å². The molecule has 1 saturated carbocycles. The van der Waals surface area contributed by atoms with Crippen molar-refractivity contribution in [3.63, 3.8) is 0 Å². The summed E-state index contributed by atoms with van der Waals surface area (Å²) < 4.78 is 0. The lowest BCUT2D eigenvalue weighted by molar-refractivity contribution is 0.0785. The zero-order valence-corrected chi connectivity index (χ0v) is 12.3. The van der Waals surface area contributed by atoms with Gasteiger partial charge in [-0.3, -0.25) is 4.90 Å². The topological polar surface area (TPSA) is 32.5 Å². The first-order valence-corrected chi connectivity index (χ1v) is 7.87. The molecule has 0 bridgehead atoms. The quantitative estimate of drug-likeness (QED) is 0.829. The second kappa shape index (κ2) is 6.88. The Morgan fingerprint density at radius 1 is 1.00 bits per heavy atom. The van der Waals surface area contributed by atoms with Crippen molar-refractivity contribution < 1.29 is 0 Å². The van der Waals surface area contributed by atoms with E-state index in [1.807, 2.05) is 0 Å². The fourth-order valence-electron chi connectivity index (χ4n) is 3.63. The normalized spacial score (nSPS) is 32.0. The van der Waals surface area contributed by atoms with Gasteiger partial charge in [-0.15, -0.1) is 0 Å². The maximum Gasteiger partial charge on any atom is 0.0113 e. The summed E-state index contributed by atoms with van der Waals surface area (Å²) in [6.07, 6.45) is 5.60. The molecule has 1 aliphatic heterocycles. The molecule has 2 aliphatic rings. The van der Waals surface area contributed by atoms with E-state index in [0.717, 1.165) is 18.4 Å². The van der Waals surface area contributed by atoms with Crippen LogP contribution in [0, 0.1) is 11.8 Å². The Hall–Kier alpha value is -0.120. The van der Waals surface area contributed by atoms with Gasteiger partial charge in [-0.1, -0.05) is 12.8 Å². The van der Waals surface area contributed by atoms with Crippen molar-refractivity contribution in [3.05, 3.63) is 0 Å². The van der Waals surface area contributed by atoms with Crippen LogP contribution in [0.3, 0.4) is 0 Å². The predicted octanol–water partition coefficient (Wildman–Crippen LogP) is 1.78. The second-order valence-corrected chi connectivity index (χ2v) is 6.47. The third kappa shape index (κ3) is 3.69. The number of rotatable bonds is 4. The fraction of sp³-hybridized carbons (Fsp3) is 1.00. The monoisotopic (exact) mass is 253 g/mol. The summed E-state index contributed by atoms with van der Waals surface area (Å²) in [5.74, 6) is 1.66. The van der Waals surface area contributed by atoms with Gasteiger partial charge in [-0.05, 0) is 45.1 Å². The van der Waals surface area contributed by atoms with E-state index in [1.54, 1.807) is 0 Å². The third-order valence-electron chi connectivity index (χ3n) is 5.00. The minimum Gasteiger partial charge on any atom is -0.330 e. The van der Waals surface area contributed by atoms with Crippen molar-refractivity contribution in [2.75, 3.05) is 39.3 Å². The molecule has 0 aromatic carbocycles. The van der Waals surface area contributed by atoms with Gasteiger partial charge >= 0.3 is 0 Å². The largest absolute Gasteiger partial charge is 0.330 e. The summed E-state index contributed by atoms with van der Waals surface area (Å²) in [6, 6.07) is 0.707. The van der Waals surface area contributed by atoms with Crippen molar-refractivity contribution in [3.8, 4) is 0 Å². The molecular formula is C15H31N3. The molecule has 0 amide bonds. The van der Waals surface area contributed by atoms with Crippen LogP contribution in [0.2, 0.25) is 0 Å². The van der Waals surface area contributed by atoms with Crippen LogP contribution in [-0.2, 0) is 0 Å². The van der Waals surface area contributed by atoms with Crippen LogP contribution in [0.5, 0.6) is 0 Å². The van der Waals surface area contributed by atoms with Crippen LogP contribution < -0.4 is 5.73 Å². The molecule has 2 rings (SSSR count). The maximum absolute atomic E-state index is 5.93. The van der Waals surface area contributed by atoms with Gasteiger partial charge in [-0.25, -0.2) is 0 Å². The average molecular weight is 253 g/mol. The predicted molar refractivity (Wildman–Crippen MR) is 77.7 cm³/mol. The van der Waals surface area contributed by atoms with Crippen LogP contribution in [0.15, 0.2) is 0 Å².